The number of benzene rings is 1. The lowest BCUT2D eigenvalue weighted by atomic mass is 9.92. The molecule has 1 saturated heterocycles. The van der Waals surface area contributed by atoms with Crippen LogP contribution in [0, 0.1) is 12.8 Å². The first-order chi connectivity index (χ1) is 9.09. The molecule has 104 valence electrons. The van der Waals surface area contributed by atoms with Crippen molar-refractivity contribution in [2.24, 2.45) is 11.7 Å². The van der Waals surface area contributed by atoms with E-state index in [-0.39, 0.29) is 5.91 Å². The molecule has 0 aliphatic carbocycles. The Morgan fingerprint density at radius 2 is 2.11 bits per heavy atom. The second-order valence-electron chi connectivity index (χ2n) is 5.23. The number of primary amides is 1. The summed E-state index contributed by atoms with van der Waals surface area (Å²) in [5.41, 5.74) is 7.88. The van der Waals surface area contributed by atoms with Crippen molar-refractivity contribution in [3.8, 4) is 0 Å². The van der Waals surface area contributed by atoms with E-state index in [2.05, 4.69) is 12.2 Å². The van der Waals surface area contributed by atoms with E-state index in [1.165, 1.54) is 0 Å². The van der Waals surface area contributed by atoms with Crippen molar-refractivity contribution < 1.29 is 9.53 Å². The number of carbonyl (C=O) groups is 1. The number of hydrogen-bond donors (Lipinski definition) is 2. The van der Waals surface area contributed by atoms with Gasteiger partial charge in [0, 0.05) is 30.5 Å². The van der Waals surface area contributed by atoms with Crippen molar-refractivity contribution in [1.29, 1.82) is 0 Å². The first kappa shape index (κ1) is 13.9. The van der Waals surface area contributed by atoms with E-state index < -0.39 is 0 Å². The van der Waals surface area contributed by atoms with Gasteiger partial charge in [-0.25, -0.2) is 0 Å². The van der Waals surface area contributed by atoms with E-state index in [4.69, 9.17) is 10.5 Å². The quantitative estimate of drug-likeness (QED) is 0.875. The van der Waals surface area contributed by atoms with E-state index in [1.807, 2.05) is 19.1 Å². The number of nitrogens with one attached hydrogen (secondary N) is 1. The van der Waals surface area contributed by atoms with Crippen molar-refractivity contribution >= 4 is 11.6 Å². The number of carbonyl (C=O) groups excluding carboxylic acids is 1. The maximum Gasteiger partial charge on any atom is 0.249 e. The molecule has 0 bridgehead atoms. The first-order valence-electron chi connectivity index (χ1n) is 6.83. The summed E-state index contributed by atoms with van der Waals surface area (Å²) >= 11 is 0. The molecule has 1 amide bonds. The highest BCUT2D eigenvalue weighted by atomic mass is 16.5. The van der Waals surface area contributed by atoms with Crippen LogP contribution in [-0.4, -0.2) is 25.2 Å². The Morgan fingerprint density at radius 1 is 1.42 bits per heavy atom. The van der Waals surface area contributed by atoms with Crippen LogP contribution < -0.4 is 11.1 Å². The Hall–Kier alpha value is -1.55. The van der Waals surface area contributed by atoms with Crippen LogP contribution in [0.5, 0.6) is 0 Å². The third kappa shape index (κ3) is 3.26. The molecule has 1 fully saturated rings. The average molecular weight is 262 g/mol. The highest BCUT2D eigenvalue weighted by Crippen LogP contribution is 2.24. The van der Waals surface area contributed by atoms with E-state index in [9.17, 15) is 4.79 Å². The smallest absolute Gasteiger partial charge is 0.249 e. The lowest BCUT2D eigenvalue weighted by Gasteiger charge is -2.29. The molecule has 0 spiro atoms. The summed E-state index contributed by atoms with van der Waals surface area (Å²) in [7, 11) is 0. The second kappa shape index (κ2) is 6.06. The molecule has 1 heterocycles. The molecule has 2 rings (SSSR count). The SMILES string of the molecule is Cc1c(N[C@@H](C)C2CCOCC2)cccc1C(N)=O. The third-order valence-electron chi connectivity index (χ3n) is 3.96. The molecule has 0 saturated carbocycles. The van der Waals surface area contributed by atoms with Crippen molar-refractivity contribution in [2.75, 3.05) is 18.5 Å². The van der Waals surface area contributed by atoms with Gasteiger partial charge in [-0.3, -0.25) is 4.79 Å². The largest absolute Gasteiger partial charge is 0.382 e. The zero-order valence-electron chi connectivity index (χ0n) is 11.6. The summed E-state index contributed by atoms with van der Waals surface area (Å²) in [6, 6.07) is 6.00. The van der Waals surface area contributed by atoms with Gasteiger partial charge in [-0.05, 0) is 50.3 Å². The van der Waals surface area contributed by atoms with Crippen LogP contribution in [0.4, 0.5) is 5.69 Å². The van der Waals surface area contributed by atoms with Gasteiger partial charge in [0.2, 0.25) is 5.91 Å². The van der Waals surface area contributed by atoms with Gasteiger partial charge in [0.15, 0.2) is 0 Å². The highest BCUT2D eigenvalue weighted by Gasteiger charge is 2.21. The molecule has 1 atom stereocenters. The van der Waals surface area contributed by atoms with Gasteiger partial charge in [0.1, 0.15) is 0 Å². The number of hydrogen-bond acceptors (Lipinski definition) is 3. The number of amides is 1. The fraction of sp³-hybridized carbons (Fsp3) is 0.533. The van der Waals surface area contributed by atoms with Gasteiger partial charge >= 0.3 is 0 Å². The van der Waals surface area contributed by atoms with Crippen LogP contribution >= 0.6 is 0 Å². The standard InChI is InChI=1S/C15H22N2O2/c1-10-13(15(16)18)4-3-5-14(10)17-11(2)12-6-8-19-9-7-12/h3-5,11-12,17H,6-9H2,1-2H3,(H2,16,18)/t11-/m0/s1. The van der Waals surface area contributed by atoms with Gasteiger partial charge in [0.05, 0.1) is 0 Å². The van der Waals surface area contributed by atoms with Gasteiger partial charge in [0.25, 0.3) is 0 Å². The summed E-state index contributed by atoms with van der Waals surface area (Å²) in [5.74, 6) is 0.241. The lowest BCUT2D eigenvalue weighted by molar-refractivity contribution is 0.0622. The van der Waals surface area contributed by atoms with Gasteiger partial charge in [-0.1, -0.05) is 6.07 Å². The molecule has 19 heavy (non-hydrogen) atoms. The molecule has 1 aromatic carbocycles. The van der Waals surface area contributed by atoms with E-state index in [0.717, 1.165) is 37.3 Å². The molecule has 0 radical (unpaired) electrons. The molecule has 4 nitrogen and oxygen atoms in total. The van der Waals surface area contributed by atoms with Crippen LogP contribution in [0.25, 0.3) is 0 Å². The number of anilines is 1. The Morgan fingerprint density at radius 3 is 2.74 bits per heavy atom. The maximum absolute atomic E-state index is 11.3. The first-order valence-corrected chi connectivity index (χ1v) is 6.83. The molecule has 0 unspecified atom stereocenters. The van der Waals surface area contributed by atoms with E-state index in [0.29, 0.717) is 17.5 Å². The van der Waals surface area contributed by atoms with Crippen molar-refractivity contribution in [3.05, 3.63) is 29.3 Å². The minimum absolute atomic E-state index is 0.366. The zero-order valence-corrected chi connectivity index (χ0v) is 11.6. The predicted octanol–water partition coefficient (Wildman–Crippen LogP) is 2.32. The monoisotopic (exact) mass is 262 g/mol. The average Bonchev–Trinajstić information content (AvgIpc) is 2.41. The molecule has 3 N–H and O–H groups in total. The van der Waals surface area contributed by atoms with Crippen molar-refractivity contribution in [3.63, 3.8) is 0 Å². The number of ether oxygens (including phenoxy) is 1. The molecule has 1 aliphatic heterocycles. The summed E-state index contributed by atoms with van der Waals surface area (Å²) in [6.45, 7) is 5.81. The lowest BCUT2D eigenvalue weighted by Crippen LogP contribution is -2.31. The summed E-state index contributed by atoms with van der Waals surface area (Å²) < 4.78 is 5.39. The summed E-state index contributed by atoms with van der Waals surface area (Å²) in [6.07, 6.45) is 2.17. The number of rotatable bonds is 4. The molecular weight excluding hydrogens is 240 g/mol. The van der Waals surface area contributed by atoms with Gasteiger partial charge < -0.3 is 15.8 Å². The van der Waals surface area contributed by atoms with Crippen LogP contribution in [-0.2, 0) is 4.74 Å². The fourth-order valence-corrected chi connectivity index (χ4v) is 2.64. The zero-order chi connectivity index (χ0) is 13.8. The Labute approximate surface area is 114 Å². The Balaban J connectivity index is 2.10. The van der Waals surface area contributed by atoms with Crippen LogP contribution in [0.1, 0.15) is 35.7 Å². The summed E-state index contributed by atoms with van der Waals surface area (Å²) in [5, 5.41) is 3.51. The molecule has 4 heteroatoms. The second-order valence-corrected chi connectivity index (χ2v) is 5.23. The molecular formula is C15H22N2O2. The van der Waals surface area contributed by atoms with Gasteiger partial charge in [-0.2, -0.15) is 0 Å². The fourth-order valence-electron chi connectivity index (χ4n) is 2.64. The number of nitrogens with two attached hydrogens (primary N) is 1. The topological polar surface area (TPSA) is 64.3 Å². The maximum atomic E-state index is 11.3. The summed E-state index contributed by atoms with van der Waals surface area (Å²) in [4.78, 5) is 11.3. The van der Waals surface area contributed by atoms with Crippen molar-refractivity contribution in [2.45, 2.75) is 32.7 Å². The van der Waals surface area contributed by atoms with Crippen molar-refractivity contribution in [1.82, 2.24) is 0 Å². The van der Waals surface area contributed by atoms with Crippen LogP contribution in [0.2, 0.25) is 0 Å². The Kier molecular flexibility index (Phi) is 4.43. The molecule has 0 aromatic heterocycles. The predicted molar refractivity (Wildman–Crippen MR) is 76.3 cm³/mol. The Bertz CT molecular complexity index is 453. The van der Waals surface area contributed by atoms with E-state index >= 15 is 0 Å². The van der Waals surface area contributed by atoms with Gasteiger partial charge in [-0.15, -0.1) is 0 Å². The normalized spacial score (nSPS) is 18.0. The minimum atomic E-state index is -0.375. The van der Waals surface area contributed by atoms with E-state index in [1.54, 1.807) is 6.07 Å². The molecule has 1 aliphatic rings. The highest BCUT2D eigenvalue weighted by molar-refractivity contribution is 5.95. The minimum Gasteiger partial charge on any atom is -0.382 e. The third-order valence-corrected chi connectivity index (χ3v) is 3.96. The van der Waals surface area contributed by atoms with Crippen LogP contribution in [0.3, 0.4) is 0 Å². The van der Waals surface area contributed by atoms with Crippen LogP contribution in [0.15, 0.2) is 18.2 Å². The molecule has 1 aromatic rings.